The van der Waals surface area contributed by atoms with E-state index in [1.807, 2.05) is 30.3 Å². The average molecular weight is 398 g/mol. The first-order chi connectivity index (χ1) is 13.9. The number of aromatic nitrogens is 2. The number of imidazole rings is 1. The zero-order chi connectivity index (χ0) is 20.4. The molecule has 0 amide bonds. The number of alkyl halides is 3. The van der Waals surface area contributed by atoms with Gasteiger partial charge >= 0.3 is 6.18 Å². The van der Waals surface area contributed by atoms with Crippen LogP contribution in [0.15, 0.2) is 73.1 Å². The molecule has 4 rings (SSSR count). The number of pyridine rings is 1. The van der Waals surface area contributed by atoms with Crippen molar-refractivity contribution in [1.29, 1.82) is 0 Å². The van der Waals surface area contributed by atoms with Crippen LogP contribution in [0, 0.1) is 0 Å². The lowest BCUT2D eigenvalue weighted by atomic mass is 10.1. The Morgan fingerprint density at radius 1 is 0.931 bits per heavy atom. The van der Waals surface area contributed by atoms with Crippen LogP contribution in [0.5, 0.6) is 11.5 Å². The summed E-state index contributed by atoms with van der Waals surface area (Å²) < 4.78 is 51.4. The van der Waals surface area contributed by atoms with Gasteiger partial charge in [0.25, 0.3) is 0 Å². The highest BCUT2D eigenvalue weighted by Gasteiger charge is 2.30. The Bertz CT molecular complexity index is 1140. The topological polar surface area (TPSA) is 35.8 Å². The van der Waals surface area contributed by atoms with Gasteiger partial charge in [0.15, 0.2) is 11.5 Å². The molecule has 4 aromatic rings. The second-order valence-electron chi connectivity index (χ2n) is 6.45. The Balaban J connectivity index is 1.61. The predicted octanol–water partition coefficient (Wildman–Crippen LogP) is 5.61. The first-order valence-corrected chi connectivity index (χ1v) is 8.85. The molecule has 0 aliphatic carbocycles. The molecule has 2 heterocycles. The van der Waals surface area contributed by atoms with Crippen molar-refractivity contribution >= 4 is 5.65 Å². The zero-order valence-electron chi connectivity index (χ0n) is 15.5. The minimum absolute atomic E-state index is 0.394. The standard InChI is InChI=1S/C22H17F3N2O2/c1-28-20-11-16(7-9-19(20)29-14-15-5-3-2-4-6-15)18-13-27-12-17(22(23,24)25)8-10-21(27)26-18/h2-13H,14H2,1H3. The predicted molar refractivity (Wildman–Crippen MR) is 103 cm³/mol. The van der Waals surface area contributed by atoms with E-state index >= 15 is 0 Å². The molecule has 2 aromatic carbocycles. The molecule has 0 aliphatic rings. The fraction of sp³-hybridized carbons (Fsp3) is 0.136. The van der Waals surface area contributed by atoms with Crippen molar-refractivity contribution in [2.24, 2.45) is 0 Å². The van der Waals surface area contributed by atoms with E-state index in [2.05, 4.69) is 4.98 Å². The highest BCUT2D eigenvalue weighted by Crippen LogP contribution is 2.34. The molecular weight excluding hydrogens is 381 g/mol. The lowest BCUT2D eigenvalue weighted by Gasteiger charge is -2.11. The third-order valence-electron chi connectivity index (χ3n) is 4.47. The number of hydrogen-bond acceptors (Lipinski definition) is 3. The van der Waals surface area contributed by atoms with E-state index in [-0.39, 0.29) is 0 Å². The third kappa shape index (κ3) is 4.03. The number of ether oxygens (including phenoxy) is 2. The molecule has 0 N–H and O–H groups in total. The Morgan fingerprint density at radius 2 is 1.72 bits per heavy atom. The fourth-order valence-corrected chi connectivity index (χ4v) is 2.98. The molecule has 0 aliphatic heterocycles. The van der Waals surface area contributed by atoms with Crippen LogP contribution in [0.3, 0.4) is 0 Å². The lowest BCUT2D eigenvalue weighted by molar-refractivity contribution is -0.137. The van der Waals surface area contributed by atoms with Crippen LogP contribution >= 0.6 is 0 Å². The first-order valence-electron chi connectivity index (χ1n) is 8.85. The average Bonchev–Trinajstić information content (AvgIpc) is 3.15. The SMILES string of the molecule is COc1cc(-c2cn3cc(C(F)(F)F)ccc3n2)ccc1OCc1ccccc1. The molecule has 2 aromatic heterocycles. The maximum absolute atomic E-state index is 12.9. The monoisotopic (exact) mass is 398 g/mol. The summed E-state index contributed by atoms with van der Waals surface area (Å²) in [6, 6.07) is 17.4. The molecule has 4 nitrogen and oxygen atoms in total. The summed E-state index contributed by atoms with van der Waals surface area (Å²) >= 11 is 0. The Kier molecular flexibility index (Phi) is 4.88. The van der Waals surface area contributed by atoms with Crippen molar-refractivity contribution in [3.05, 3.63) is 84.2 Å². The maximum Gasteiger partial charge on any atom is 0.417 e. The van der Waals surface area contributed by atoms with Crippen LogP contribution in [0.2, 0.25) is 0 Å². The summed E-state index contributed by atoms with van der Waals surface area (Å²) in [6.07, 6.45) is -1.82. The van der Waals surface area contributed by atoms with Crippen molar-refractivity contribution in [1.82, 2.24) is 9.38 Å². The second kappa shape index (κ2) is 7.50. The minimum Gasteiger partial charge on any atom is -0.493 e. The number of methoxy groups -OCH3 is 1. The van der Waals surface area contributed by atoms with Gasteiger partial charge in [-0.1, -0.05) is 30.3 Å². The van der Waals surface area contributed by atoms with Crippen LogP contribution in [0.1, 0.15) is 11.1 Å². The Morgan fingerprint density at radius 3 is 2.45 bits per heavy atom. The van der Waals surface area contributed by atoms with E-state index in [1.54, 1.807) is 24.4 Å². The van der Waals surface area contributed by atoms with E-state index in [9.17, 15) is 13.2 Å². The lowest BCUT2D eigenvalue weighted by Crippen LogP contribution is -2.05. The number of halogens is 3. The van der Waals surface area contributed by atoms with Gasteiger partial charge in [0.05, 0.1) is 18.4 Å². The Hall–Kier alpha value is -3.48. The Labute approximate surface area is 165 Å². The molecule has 0 radical (unpaired) electrons. The van der Waals surface area contributed by atoms with Gasteiger partial charge in [-0.2, -0.15) is 13.2 Å². The molecule has 29 heavy (non-hydrogen) atoms. The van der Waals surface area contributed by atoms with Crippen molar-refractivity contribution in [3.8, 4) is 22.8 Å². The minimum atomic E-state index is -4.40. The highest BCUT2D eigenvalue weighted by molar-refractivity contribution is 5.66. The molecule has 0 fully saturated rings. The van der Waals surface area contributed by atoms with Gasteiger partial charge in [0.1, 0.15) is 12.3 Å². The smallest absolute Gasteiger partial charge is 0.417 e. The largest absolute Gasteiger partial charge is 0.493 e. The molecule has 0 bridgehead atoms. The summed E-state index contributed by atoms with van der Waals surface area (Å²) in [5.41, 5.74) is 1.98. The summed E-state index contributed by atoms with van der Waals surface area (Å²) in [6.45, 7) is 0.394. The molecule has 0 spiro atoms. The van der Waals surface area contributed by atoms with E-state index < -0.39 is 11.7 Å². The molecule has 0 atom stereocenters. The van der Waals surface area contributed by atoms with Crippen molar-refractivity contribution in [3.63, 3.8) is 0 Å². The van der Waals surface area contributed by atoms with Crippen molar-refractivity contribution < 1.29 is 22.6 Å². The molecule has 0 saturated carbocycles. The molecular formula is C22H17F3N2O2. The van der Waals surface area contributed by atoms with E-state index in [1.165, 1.54) is 17.6 Å². The van der Waals surface area contributed by atoms with Gasteiger partial charge in [-0.3, -0.25) is 0 Å². The zero-order valence-corrected chi connectivity index (χ0v) is 15.5. The summed E-state index contributed by atoms with van der Waals surface area (Å²) in [5, 5.41) is 0. The van der Waals surface area contributed by atoms with Crippen LogP contribution < -0.4 is 9.47 Å². The van der Waals surface area contributed by atoms with Crippen molar-refractivity contribution in [2.45, 2.75) is 12.8 Å². The molecule has 7 heteroatoms. The number of benzene rings is 2. The highest BCUT2D eigenvalue weighted by atomic mass is 19.4. The van der Waals surface area contributed by atoms with Gasteiger partial charge < -0.3 is 13.9 Å². The fourth-order valence-electron chi connectivity index (χ4n) is 2.98. The normalized spacial score (nSPS) is 11.6. The van der Waals surface area contributed by atoms with E-state index in [4.69, 9.17) is 9.47 Å². The van der Waals surface area contributed by atoms with Gasteiger partial charge in [-0.05, 0) is 35.9 Å². The van der Waals surface area contributed by atoms with Crippen molar-refractivity contribution in [2.75, 3.05) is 7.11 Å². The van der Waals surface area contributed by atoms with Gasteiger partial charge in [0.2, 0.25) is 0 Å². The van der Waals surface area contributed by atoms with Gasteiger partial charge in [-0.25, -0.2) is 4.98 Å². The summed E-state index contributed by atoms with van der Waals surface area (Å²) in [4.78, 5) is 4.40. The molecule has 0 unspecified atom stereocenters. The summed E-state index contributed by atoms with van der Waals surface area (Å²) in [7, 11) is 1.54. The number of fused-ring (bicyclic) bond motifs is 1. The molecule has 148 valence electrons. The van der Waals surface area contributed by atoms with E-state index in [0.717, 1.165) is 17.8 Å². The van der Waals surface area contributed by atoms with Gasteiger partial charge in [-0.15, -0.1) is 0 Å². The number of hydrogen-bond donors (Lipinski definition) is 0. The van der Waals surface area contributed by atoms with Crippen LogP contribution in [0.4, 0.5) is 13.2 Å². The number of rotatable bonds is 5. The molecule has 0 saturated heterocycles. The third-order valence-corrected chi connectivity index (χ3v) is 4.47. The van der Waals surface area contributed by atoms with Gasteiger partial charge in [0, 0.05) is 18.0 Å². The maximum atomic E-state index is 12.9. The summed E-state index contributed by atoms with van der Waals surface area (Å²) in [5.74, 6) is 1.09. The second-order valence-corrected chi connectivity index (χ2v) is 6.45. The van der Waals surface area contributed by atoms with Crippen LogP contribution in [-0.2, 0) is 12.8 Å². The van der Waals surface area contributed by atoms with Crippen LogP contribution in [-0.4, -0.2) is 16.5 Å². The number of nitrogens with zero attached hydrogens (tertiary/aromatic N) is 2. The van der Waals surface area contributed by atoms with Crippen LogP contribution in [0.25, 0.3) is 16.9 Å². The van der Waals surface area contributed by atoms with E-state index in [0.29, 0.717) is 35.0 Å². The first kappa shape index (κ1) is 18.9. The quantitative estimate of drug-likeness (QED) is 0.439.